The number of amides is 1. The number of hydrogen-bond acceptors (Lipinski definition) is 8. The van der Waals surface area contributed by atoms with Crippen LogP contribution in [0.3, 0.4) is 0 Å². The number of rotatable bonds is 6. The Morgan fingerprint density at radius 1 is 1.37 bits per heavy atom. The summed E-state index contributed by atoms with van der Waals surface area (Å²) in [6.07, 6.45) is 5.84. The number of carbonyl (C=O) groups excluding carboxylic acids is 1. The summed E-state index contributed by atoms with van der Waals surface area (Å²) in [4.78, 5) is 29.1. The molecule has 0 bridgehead atoms. The molecule has 4 heterocycles. The number of piperidine rings is 1. The molecule has 1 aliphatic heterocycles. The summed E-state index contributed by atoms with van der Waals surface area (Å²) in [5.41, 5.74) is 1.15. The van der Waals surface area contributed by atoms with Crippen molar-refractivity contribution in [2.75, 3.05) is 26.8 Å². The van der Waals surface area contributed by atoms with Crippen LogP contribution >= 0.6 is 11.3 Å². The molecule has 3 aromatic rings. The van der Waals surface area contributed by atoms with Crippen LogP contribution in [0, 0.1) is 13.8 Å². The molecule has 1 amide bonds. The molecule has 0 saturated carbocycles. The van der Waals surface area contributed by atoms with Gasteiger partial charge in [0.1, 0.15) is 4.88 Å². The van der Waals surface area contributed by atoms with Crippen molar-refractivity contribution in [1.82, 2.24) is 25.0 Å². The molecule has 1 saturated heterocycles. The van der Waals surface area contributed by atoms with Crippen molar-refractivity contribution in [2.24, 2.45) is 0 Å². The van der Waals surface area contributed by atoms with Crippen LogP contribution in [0.15, 0.2) is 29.0 Å². The van der Waals surface area contributed by atoms with Crippen molar-refractivity contribution < 1.29 is 14.1 Å². The van der Waals surface area contributed by atoms with E-state index in [0.29, 0.717) is 42.7 Å². The van der Waals surface area contributed by atoms with E-state index < -0.39 is 5.41 Å². The van der Waals surface area contributed by atoms with Gasteiger partial charge in [-0.15, -0.1) is 11.3 Å². The van der Waals surface area contributed by atoms with E-state index in [0.717, 1.165) is 29.1 Å². The van der Waals surface area contributed by atoms with Gasteiger partial charge >= 0.3 is 0 Å². The molecule has 0 radical (unpaired) electrons. The first kappa shape index (κ1) is 20.6. The zero-order valence-corrected chi connectivity index (χ0v) is 18.2. The monoisotopic (exact) mass is 427 g/mol. The average molecular weight is 428 g/mol. The molecular formula is C21H25N5O3S. The van der Waals surface area contributed by atoms with E-state index in [1.54, 1.807) is 19.5 Å². The second kappa shape index (κ2) is 8.61. The third kappa shape index (κ3) is 3.99. The lowest BCUT2D eigenvalue weighted by Crippen LogP contribution is -2.49. The van der Waals surface area contributed by atoms with Crippen molar-refractivity contribution >= 4 is 17.2 Å². The van der Waals surface area contributed by atoms with Crippen molar-refractivity contribution in [3.8, 4) is 11.5 Å². The van der Waals surface area contributed by atoms with Gasteiger partial charge in [0.15, 0.2) is 5.82 Å². The van der Waals surface area contributed by atoms with Crippen LogP contribution in [0.2, 0.25) is 0 Å². The number of carbonyl (C=O) groups is 1. The number of nitrogens with zero attached hydrogens (tertiary/aromatic N) is 5. The minimum Gasteiger partial charge on any atom is -0.385 e. The summed E-state index contributed by atoms with van der Waals surface area (Å²) >= 11 is 1.45. The maximum absolute atomic E-state index is 13.2. The molecule has 158 valence electrons. The Labute approximate surface area is 179 Å². The maximum Gasteiger partial charge on any atom is 0.265 e. The fraction of sp³-hybridized carbons (Fsp3) is 0.476. The lowest BCUT2D eigenvalue weighted by Gasteiger charge is -2.40. The molecule has 1 fully saturated rings. The second-order valence-corrected chi connectivity index (χ2v) is 8.87. The Bertz CT molecular complexity index is 1020. The van der Waals surface area contributed by atoms with Gasteiger partial charge in [-0.3, -0.25) is 9.78 Å². The maximum atomic E-state index is 13.2. The van der Waals surface area contributed by atoms with Crippen LogP contribution in [0.4, 0.5) is 0 Å². The highest BCUT2D eigenvalue weighted by Gasteiger charge is 2.43. The lowest BCUT2D eigenvalue weighted by molar-refractivity contribution is 0.0570. The summed E-state index contributed by atoms with van der Waals surface area (Å²) in [6.45, 7) is 5.59. The summed E-state index contributed by atoms with van der Waals surface area (Å²) < 4.78 is 10.9. The van der Waals surface area contributed by atoms with Gasteiger partial charge in [-0.25, -0.2) is 4.98 Å². The van der Waals surface area contributed by atoms with Crippen molar-refractivity contribution in [2.45, 2.75) is 38.5 Å². The second-order valence-electron chi connectivity index (χ2n) is 7.67. The normalized spacial score (nSPS) is 19.2. The van der Waals surface area contributed by atoms with Crippen LogP contribution in [-0.4, -0.2) is 57.7 Å². The third-order valence-corrected chi connectivity index (χ3v) is 6.62. The number of pyridine rings is 1. The van der Waals surface area contributed by atoms with Gasteiger partial charge in [-0.1, -0.05) is 5.16 Å². The zero-order chi connectivity index (χ0) is 21.1. The summed E-state index contributed by atoms with van der Waals surface area (Å²) in [5, 5.41) is 5.21. The number of ether oxygens (including phenoxy) is 1. The molecule has 1 aliphatic rings. The number of aromatic nitrogens is 4. The van der Waals surface area contributed by atoms with Crippen LogP contribution in [0.25, 0.3) is 11.5 Å². The minimum atomic E-state index is -0.415. The highest BCUT2D eigenvalue weighted by Crippen LogP contribution is 2.37. The molecule has 0 aromatic carbocycles. The van der Waals surface area contributed by atoms with E-state index in [2.05, 4.69) is 15.1 Å². The van der Waals surface area contributed by atoms with E-state index in [4.69, 9.17) is 14.2 Å². The van der Waals surface area contributed by atoms with Gasteiger partial charge in [-0.05, 0) is 45.2 Å². The first-order valence-corrected chi connectivity index (χ1v) is 10.8. The molecule has 4 rings (SSSR count). The number of methoxy groups -OCH3 is 1. The Kier molecular flexibility index (Phi) is 5.92. The Balaban J connectivity index is 1.64. The molecule has 0 spiro atoms. The van der Waals surface area contributed by atoms with Crippen molar-refractivity contribution in [1.29, 1.82) is 0 Å². The highest BCUT2D eigenvalue weighted by molar-refractivity contribution is 7.13. The van der Waals surface area contributed by atoms with Crippen LogP contribution < -0.4 is 0 Å². The summed E-state index contributed by atoms with van der Waals surface area (Å²) in [7, 11) is 1.68. The van der Waals surface area contributed by atoms with E-state index in [1.807, 2.05) is 30.9 Å². The van der Waals surface area contributed by atoms with Crippen LogP contribution in [-0.2, 0) is 10.2 Å². The molecular weight excluding hydrogens is 402 g/mol. The molecule has 8 nitrogen and oxygen atoms in total. The highest BCUT2D eigenvalue weighted by atomic mass is 32.1. The first-order valence-electron chi connectivity index (χ1n) is 9.99. The fourth-order valence-corrected chi connectivity index (χ4v) is 4.91. The van der Waals surface area contributed by atoms with Gasteiger partial charge in [0.25, 0.3) is 11.8 Å². The van der Waals surface area contributed by atoms with Gasteiger partial charge in [-0.2, -0.15) is 4.98 Å². The van der Waals surface area contributed by atoms with E-state index >= 15 is 0 Å². The molecule has 9 heteroatoms. The lowest BCUT2D eigenvalue weighted by atomic mass is 9.76. The number of thiazole rings is 1. The minimum absolute atomic E-state index is 0.0237. The summed E-state index contributed by atoms with van der Waals surface area (Å²) in [5.74, 6) is 1.08. The van der Waals surface area contributed by atoms with E-state index in [9.17, 15) is 4.79 Å². The Morgan fingerprint density at radius 3 is 2.93 bits per heavy atom. The van der Waals surface area contributed by atoms with Crippen molar-refractivity contribution in [3.05, 3.63) is 45.9 Å². The molecule has 1 atom stereocenters. The number of aryl methyl sites for hydroxylation is 2. The molecule has 1 unspecified atom stereocenters. The fourth-order valence-electron chi connectivity index (χ4n) is 4.02. The SMILES string of the molecule is COCCC1(c2noc(-c3cccnc3)n2)CCCN(C(=O)c2sc(C)nc2C)C1. The van der Waals surface area contributed by atoms with Gasteiger partial charge in [0.05, 0.1) is 21.7 Å². The first-order chi connectivity index (χ1) is 14.5. The zero-order valence-electron chi connectivity index (χ0n) is 17.4. The standard InChI is InChI=1S/C21H25N5O3S/c1-14-17(30-15(2)23-14)19(27)26-10-5-7-21(13-26,8-11-28-3)20-24-18(29-25-20)16-6-4-9-22-12-16/h4,6,9,12H,5,7-8,10-11,13H2,1-3H3. The van der Waals surface area contributed by atoms with Crippen LogP contribution in [0.1, 0.15) is 45.5 Å². The van der Waals surface area contributed by atoms with Gasteiger partial charge in [0.2, 0.25) is 0 Å². The third-order valence-electron chi connectivity index (χ3n) is 5.56. The largest absolute Gasteiger partial charge is 0.385 e. The number of hydrogen-bond donors (Lipinski definition) is 0. The topological polar surface area (TPSA) is 94.2 Å². The van der Waals surface area contributed by atoms with Crippen LogP contribution in [0.5, 0.6) is 0 Å². The Hall–Kier alpha value is -2.65. The van der Waals surface area contributed by atoms with Gasteiger partial charge < -0.3 is 14.2 Å². The number of likely N-dealkylation sites (tertiary alicyclic amines) is 1. The molecule has 0 aliphatic carbocycles. The Morgan fingerprint density at radius 2 is 2.23 bits per heavy atom. The molecule has 30 heavy (non-hydrogen) atoms. The smallest absolute Gasteiger partial charge is 0.265 e. The van der Waals surface area contributed by atoms with Crippen molar-refractivity contribution in [3.63, 3.8) is 0 Å². The molecule has 0 N–H and O–H groups in total. The van der Waals surface area contributed by atoms with Gasteiger partial charge in [0, 0.05) is 39.2 Å². The summed E-state index contributed by atoms with van der Waals surface area (Å²) in [6, 6.07) is 3.72. The predicted octanol–water partition coefficient (Wildman–Crippen LogP) is 3.42. The average Bonchev–Trinajstić information content (AvgIpc) is 3.39. The molecule has 3 aromatic heterocycles. The van der Waals surface area contributed by atoms with E-state index in [-0.39, 0.29) is 5.91 Å². The quantitative estimate of drug-likeness (QED) is 0.595. The predicted molar refractivity (Wildman–Crippen MR) is 112 cm³/mol. The van der Waals surface area contributed by atoms with E-state index in [1.165, 1.54) is 11.3 Å².